The summed E-state index contributed by atoms with van der Waals surface area (Å²) in [7, 11) is 0. The van der Waals surface area contributed by atoms with Gasteiger partial charge in [-0.25, -0.2) is 0 Å². The molecule has 0 aromatic carbocycles. The van der Waals surface area contributed by atoms with Crippen LogP contribution in [0.2, 0.25) is 0 Å². The largest absolute Gasteiger partial charge is 0.354 e. The molecule has 4 heteroatoms. The minimum atomic E-state index is 0.803. The van der Waals surface area contributed by atoms with Crippen LogP contribution in [0.3, 0.4) is 0 Å². The summed E-state index contributed by atoms with van der Waals surface area (Å²) >= 11 is 5.10. The Hall–Kier alpha value is -1.29. The van der Waals surface area contributed by atoms with E-state index in [9.17, 15) is 0 Å². The summed E-state index contributed by atoms with van der Waals surface area (Å²) in [4.78, 5) is 2.98. The Bertz CT molecular complexity index is 424. The van der Waals surface area contributed by atoms with Crippen molar-refractivity contribution in [3.8, 4) is 0 Å². The zero-order chi connectivity index (χ0) is 9.80. The van der Waals surface area contributed by atoms with Gasteiger partial charge < -0.3 is 14.1 Å². The number of hydrogen-bond donors (Lipinski definition) is 1. The van der Waals surface area contributed by atoms with Crippen LogP contribution < -0.4 is 0 Å². The number of H-pyrrole nitrogens is 1. The van der Waals surface area contributed by atoms with E-state index in [2.05, 4.69) is 26.5 Å². The van der Waals surface area contributed by atoms with Crippen molar-refractivity contribution in [3.05, 3.63) is 41.7 Å². The molecule has 0 aliphatic heterocycles. The highest BCUT2D eigenvalue weighted by molar-refractivity contribution is 7.71. The summed E-state index contributed by atoms with van der Waals surface area (Å²) in [5.41, 5.74) is 0. The third kappa shape index (κ3) is 2.14. The van der Waals surface area contributed by atoms with E-state index in [-0.39, 0.29) is 0 Å². The number of nitrogens with one attached hydrogen (secondary N) is 1. The molecule has 0 amide bonds. The van der Waals surface area contributed by atoms with Crippen molar-refractivity contribution in [2.24, 2.45) is 0 Å². The van der Waals surface area contributed by atoms with Crippen LogP contribution in [0.5, 0.6) is 0 Å². The number of aromatic amines is 1. The van der Waals surface area contributed by atoms with Crippen LogP contribution >= 0.6 is 12.2 Å². The molecule has 74 valence electrons. The van der Waals surface area contributed by atoms with Crippen molar-refractivity contribution in [1.29, 1.82) is 0 Å². The van der Waals surface area contributed by atoms with Crippen molar-refractivity contribution in [2.45, 2.75) is 19.5 Å². The van der Waals surface area contributed by atoms with Gasteiger partial charge in [0, 0.05) is 37.9 Å². The second-order valence-corrected chi connectivity index (χ2v) is 3.62. The van der Waals surface area contributed by atoms with E-state index < -0.39 is 0 Å². The van der Waals surface area contributed by atoms with Gasteiger partial charge in [-0.2, -0.15) is 0 Å². The molecule has 0 saturated carbocycles. The van der Waals surface area contributed by atoms with Crippen molar-refractivity contribution in [3.63, 3.8) is 0 Å². The molecule has 14 heavy (non-hydrogen) atoms. The van der Waals surface area contributed by atoms with Crippen molar-refractivity contribution in [2.75, 3.05) is 0 Å². The highest BCUT2D eigenvalue weighted by atomic mass is 32.1. The SMILES string of the molecule is S=c1[nH]ccn1CCCn1cccc1. The average molecular weight is 207 g/mol. The first-order valence-corrected chi connectivity index (χ1v) is 5.12. The molecular formula is C10H13N3S. The molecule has 0 aliphatic rings. The summed E-state index contributed by atoms with van der Waals surface area (Å²) in [5, 5.41) is 0. The molecule has 0 unspecified atom stereocenters. The number of imidazole rings is 1. The molecule has 2 rings (SSSR count). The lowest BCUT2D eigenvalue weighted by Crippen LogP contribution is -2.01. The molecule has 2 aromatic heterocycles. The van der Waals surface area contributed by atoms with Crippen LogP contribution in [0, 0.1) is 4.77 Å². The monoisotopic (exact) mass is 207 g/mol. The lowest BCUT2D eigenvalue weighted by molar-refractivity contribution is 0.561. The second kappa shape index (κ2) is 4.28. The number of nitrogens with zero attached hydrogens (tertiary/aromatic N) is 2. The Morgan fingerprint density at radius 1 is 1.14 bits per heavy atom. The van der Waals surface area contributed by atoms with Gasteiger partial charge in [0.05, 0.1) is 0 Å². The molecular weight excluding hydrogens is 194 g/mol. The Morgan fingerprint density at radius 2 is 1.93 bits per heavy atom. The van der Waals surface area contributed by atoms with Crippen molar-refractivity contribution in [1.82, 2.24) is 14.1 Å². The van der Waals surface area contributed by atoms with E-state index in [1.54, 1.807) is 0 Å². The molecule has 2 heterocycles. The fourth-order valence-electron chi connectivity index (χ4n) is 1.47. The smallest absolute Gasteiger partial charge is 0.177 e. The average Bonchev–Trinajstić information content (AvgIpc) is 2.78. The summed E-state index contributed by atoms with van der Waals surface area (Å²) in [6.07, 6.45) is 9.11. The van der Waals surface area contributed by atoms with Crippen molar-refractivity contribution >= 4 is 12.2 Å². The lowest BCUT2D eigenvalue weighted by Gasteiger charge is -2.03. The van der Waals surface area contributed by atoms with Crippen LogP contribution in [-0.4, -0.2) is 14.1 Å². The fourth-order valence-corrected chi connectivity index (χ4v) is 1.69. The van der Waals surface area contributed by atoms with Crippen LogP contribution in [0.1, 0.15) is 6.42 Å². The Labute approximate surface area is 88.0 Å². The van der Waals surface area contributed by atoms with Gasteiger partial charge in [0.2, 0.25) is 0 Å². The minimum absolute atomic E-state index is 0.803. The standard InChI is InChI=1S/C10H13N3S/c14-10-11-4-9-13(10)8-3-7-12-5-1-2-6-12/h1-2,4-6,9H,3,7-8H2,(H,11,14). The molecule has 0 fully saturated rings. The van der Waals surface area contributed by atoms with Gasteiger partial charge >= 0.3 is 0 Å². The highest BCUT2D eigenvalue weighted by Gasteiger charge is 1.93. The van der Waals surface area contributed by atoms with E-state index in [0.29, 0.717) is 0 Å². The van der Waals surface area contributed by atoms with Gasteiger partial charge in [-0.3, -0.25) is 0 Å². The highest BCUT2D eigenvalue weighted by Crippen LogP contribution is 1.97. The van der Waals surface area contributed by atoms with Crippen LogP contribution in [0.4, 0.5) is 0 Å². The fraction of sp³-hybridized carbons (Fsp3) is 0.300. The molecule has 2 aromatic rings. The number of aryl methyl sites for hydroxylation is 2. The summed E-state index contributed by atoms with van der Waals surface area (Å²) in [6.45, 7) is 2.01. The molecule has 0 saturated heterocycles. The maximum absolute atomic E-state index is 5.10. The minimum Gasteiger partial charge on any atom is -0.354 e. The zero-order valence-corrected chi connectivity index (χ0v) is 8.70. The Balaban J connectivity index is 1.84. The van der Waals surface area contributed by atoms with Gasteiger partial charge in [-0.1, -0.05) is 0 Å². The number of rotatable bonds is 4. The van der Waals surface area contributed by atoms with Crippen LogP contribution in [0.15, 0.2) is 36.9 Å². The third-order valence-corrected chi connectivity index (χ3v) is 2.56. The predicted molar refractivity (Wildman–Crippen MR) is 58.7 cm³/mol. The van der Waals surface area contributed by atoms with E-state index in [0.717, 1.165) is 24.3 Å². The summed E-state index contributed by atoms with van der Waals surface area (Å²) < 4.78 is 5.03. The van der Waals surface area contributed by atoms with E-state index >= 15 is 0 Å². The van der Waals surface area contributed by atoms with Crippen molar-refractivity contribution < 1.29 is 0 Å². The third-order valence-electron chi connectivity index (χ3n) is 2.20. The molecule has 0 spiro atoms. The first kappa shape index (κ1) is 9.27. The molecule has 3 nitrogen and oxygen atoms in total. The lowest BCUT2D eigenvalue weighted by atomic mass is 10.4. The topological polar surface area (TPSA) is 25.6 Å². The zero-order valence-electron chi connectivity index (χ0n) is 7.89. The Morgan fingerprint density at radius 3 is 2.57 bits per heavy atom. The first-order valence-electron chi connectivity index (χ1n) is 4.71. The Kier molecular flexibility index (Phi) is 2.84. The number of hydrogen-bond acceptors (Lipinski definition) is 1. The maximum Gasteiger partial charge on any atom is 0.177 e. The molecule has 0 atom stereocenters. The molecule has 0 radical (unpaired) electrons. The first-order chi connectivity index (χ1) is 6.86. The van der Waals surface area contributed by atoms with Gasteiger partial charge in [0.25, 0.3) is 0 Å². The normalized spacial score (nSPS) is 10.6. The van der Waals surface area contributed by atoms with Crippen LogP contribution in [0.25, 0.3) is 0 Å². The van der Waals surface area contributed by atoms with Gasteiger partial charge in [-0.05, 0) is 30.8 Å². The van der Waals surface area contributed by atoms with Crippen LogP contribution in [-0.2, 0) is 13.1 Å². The number of aromatic nitrogens is 3. The summed E-state index contributed by atoms with van der Waals surface area (Å²) in [6, 6.07) is 4.09. The molecule has 1 N–H and O–H groups in total. The molecule has 0 bridgehead atoms. The summed E-state index contributed by atoms with van der Waals surface area (Å²) in [5.74, 6) is 0. The van der Waals surface area contributed by atoms with Gasteiger partial charge in [0.15, 0.2) is 4.77 Å². The predicted octanol–water partition coefficient (Wildman–Crippen LogP) is 2.44. The maximum atomic E-state index is 5.10. The van der Waals surface area contributed by atoms with E-state index in [1.807, 2.05) is 24.5 Å². The second-order valence-electron chi connectivity index (χ2n) is 3.23. The van der Waals surface area contributed by atoms with E-state index in [1.165, 1.54) is 0 Å². The van der Waals surface area contributed by atoms with Gasteiger partial charge in [0.1, 0.15) is 0 Å². The molecule has 0 aliphatic carbocycles. The quantitative estimate of drug-likeness (QED) is 0.765. The van der Waals surface area contributed by atoms with Gasteiger partial charge in [-0.15, -0.1) is 0 Å². The van der Waals surface area contributed by atoms with E-state index in [4.69, 9.17) is 12.2 Å².